The Hall–Kier alpha value is -2.26. The van der Waals surface area contributed by atoms with Crippen LogP contribution in [-0.4, -0.2) is 77.3 Å². The van der Waals surface area contributed by atoms with Crippen molar-refractivity contribution >= 4 is 11.8 Å². The summed E-state index contributed by atoms with van der Waals surface area (Å²) in [5.74, 6) is -2.17. The van der Waals surface area contributed by atoms with Crippen molar-refractivity contribution in [1.29, 1.82) is 0 Å². The third kappa shape index (κ3) is 4.73. The zero-order valence-electron chi connectivity index (χ0n) is 17.5. The fraction of sp³-hybridized carbons (Fsp3) is 0.619. The second kappa shape index (κ2) is 8.47. The molecule has 1 aromatic carbocycles. The fourth-order valence-corrected chi connectivity index (χ4v) is 4.14. The van der Waals surface area contributed by atoms with Crippen molar-refractivity contribution < 1.29 is 33.0 Å². The molecule has 1 aromatic rings. The predicted octanol–water partition coefficient (Wildman–Crippen LogP) is 1.72. The Morgan fingerprint density at radius 3 is 2.60 bits per heavy atom. The van der Waals surface area contributed by atoms with E-state index in [2.05, 4.69) is 0 Å². The second-order valence-corrected chi connectivity index (χ2v) is 8.42. The van der Waals surface area contributed by atoms with Crippen molar-refractivity contribution in [3.05, 3.63) is 29.8 Å². The first kappa shape index (κ1) is 22.4. The molecular formula is C21H28F2N2O5. The van der Waals surface area contributed by atoms with E-state index in [9.17, 15) is 23.5 Å². The highest BCUT2D eigenvalue weighted by Crippen LogP contribution is 2.40. The summed E-state index contributed by atoms with van der Waals surface area (Å²) in [4.78, 5) is 27.5. The average molecular weight is 426 g/mol. The van der Waals surface area contributed by atoms with E-state index in [0.717, 1.165) is 12.1 Å². The molecule has 1 spiro atoms. The fourth-order valence-electron chi connectivity index (χ4n) is 4.14. The molecule has 3 rings (SSSR count). The molecule has 2 aliphatic heterocycles. The van der Waals surface area contributed by atoms with Gasteiger partial charge in [-0.3, -0.25) is 9.59 Å². The van der Waals surface area contributed by atoms with Crippen LogP contribution in [0.15, 0.2) is 18.2 Å². The molecule has 1 N–H and O–H groups in total. The minimum absolute atomic E-state index is 0.107. The number of carbonyl (C=O) groups excluding carboxylic acids is 2. The lowest BCUT2D eigenvalue weighted by atomic mass is 9.77. The van der Waals surface area contributed by atoms with Gasteiger partial charge in [-0.25, -0.2) is 8.78 Å². The lowest BCUT2D eigenvalue weighted by molar-refractivity contribution is -0.209. The maximum atomic E-state index is 13.6. The van der Waals surface area contributed by atoms with Gasteiger partial charge < -0.3 is 24.4 Å². The Labute approximate surface area is 174 Å². The van der Waals surface area contributed by atoms with Gasteiger partial charge in [-0.1, -0.05) is 0 Å². The second-order valence-electron chi connectivity index (χ2n) is 8.42. The number of hydrogen-bond donors (Lipinski definition) is 1. The van der Waals surface area contributed by atoms with Crippen LogP contribution in [0.4, 0.5) is 8.78 Å². The van der Waals surface area contributed by atoms with Crippen LogP contribution < -0.4 is 4.74 Å². The summed E-state index contributed by atoms with van der Waals surface area (Å²) in [5.41, 5.74) is -1.66. The summed E-state index contributed by atoms with van der Waals surface area (Å²) in [6.07, 6.45) is 1.60. The Morgan fingerprint density at radius 2 is 2.00 bits per heavy atom. The zero-order chi connectivity index (χ0) is 22.1. The molecule has 166 valence electrons. The summed E-state index contributed by atoms with van der Waals surface area (Å²) >= 11 is 0. The van der Waals surface area contributed by atoms with Crippen molar-refractivity contribution in [2.75, 3.05) is 33.4 Å². The van der Waals surface area contributed by atoms with Crippen molar-refractivity contribution in [1.82, 2.24) is 9.80 Å². The molecular weight excluding hydrogens is 398 g/mol. The molecule has 2 fully saturated rings. The molecule has 0 aliphatic carbocycles. The molecule has 0 radical (unpaired) electrons. The van der Waals surface area contributed by atoms with Crippen LogP contribution in [0.2, 0.25) is 0 Å². The number of ether oxygens (including phenoxy) is 2. The SMILES string of the molecule is CC(=O)N(C)[C@H]1CC2(CCN(C(=O)COc3ccc(F)cc3F)CC2)OC[C@]1(C)O. The minimum Gasteiger partial charge on any atom is -0.481 e. The third-order valence-corrected chi connectivity index (χ3v) is 6.19. The molecule has 2 saturated heterocycles. The van der Waals surface area contributed by atoms with Crippen molar-refractivity contribution in [2.45, 2.75) is 50.4 Å². The van der Waals surface area contributed by atoms with Crippen LogP contribution in [0.25, 0.3) is 0 Å². The number of nitrogens with zero attached hydrogens (tertiary/aromatic N) is 2. The Morgan fingerprint density at radius 1 is 1.33 bits per heavy atom. The van der Waals surface area contributed by atoms with E-state index in [-0.39, 0.29) is 36.8 Å². The lowest BCUT2D eigenvalue weighted by Gasteiger charge is -2.52. The number of rotatable bonds is 4. The standard InChI is InChI=1S/C21H28F2N2O5/c1-14(26)24(3)18-11-21(30-13-20(18,2)28)6-8-25(9-7-21)19(27)12-29-17-5-4-15(22)10-16(17)23/h4-5,10,18,28H,6-9,11-13H2,1-3H3/t18-,20-/m0/s1. The van der Waals surface area contributed by atoms with Crippen molar-refractivity contribution in [3.63, 3.8) is 0 Å². The Bertz CT molecular complexity index is 809. The van der Waals surface area contributed by atoms with Crippen LogP contribution >= 0.6 is 0 Å². The maximum Gasteiger partial charge on any atom is 0.260 e. The zero-order valence-corrected chi connectivity index (χ0v) is 17.5. The van der Waals surface area contributed by atoms with E-state index in [1.807, 2.05) is 0 Å². The molecule has 2 atom stereocenters. The smallest absolute Gasteiger partial charge is 0.260 e. The average Bonchev–Trinajstić information content (AvgIpc) is 2.69. The van der Waals surface area contributed by atoms with Crippen LogP contribution in [0, 0.1) is 11.6 Å². The number of aliphatic hydroxyl groups is 1. The number of carbonyl (C=O) groups is 2. The maximum absolute atomic E-state index is 13.6. The highest BCUT2D eigenvalue weighted by atomic mass is 19.1. The highest BCUT2D eigenvalue weighted by molar-refractivity contribution is 5.78. The van der Waals surface area contributed by atoms with Gasteiger partial charge in [0.15, 0.2) is 18.2 Å². The first-order valence-corrected chi connectivity index (χ1v) is 9.98. The van der Waals surface area contributed by atoms with Gasteiger partial charge in [0.1, 0.15) is 11.4 Å². The molecule has 0 saturated carbocycles. The van der Waals surface area contributed by atoms with Gasteiger partial charge in [-0.05, 0) is 38.3 Å². The largest absolute Gasteiger partial charge is 0.481 e. The van der Waals surface area contributed by atoms with Crippen molar-refractivity contribution in [3.8, 4) is 5.75 Å². The van der Waals surface area contributed by atoms with Crippen LogP contribution in [0.3, 0.4) is 0 Å². The van der Waals surface area contributed by atoms with E-state index in [1.54, 1.807) is 23.8 Å². The Kier molecular flexibility index (Phi) is 6.33. The minimum atomic E-state index is -1.15. The number of piperidine rings is 1. The molecule has 2 heterocycles. The molecule has 7 nitrogen and oxygen atoms in total. The number of likely N-dealkylation sites (tertiary alicyclic amines) is 1. The van der Waals surface area contributed by atoms with Crippen LogP contribution in [0.5, 0.6) is 5.75 Å². The van der Waals surface area contributed by atoms with Gasteiger partial charge in [0.05, 0.1) is 18.2 Å². The topological polar surface area (TPSA) is 79.3 Å². The molecule has 0 bridgehead atoms. The van der Waals surface area contributed by atoms with E-state index < -0.39 is 22.8 Å². The van der Waals surface area contributed by atoms with Gasteiger partial charge in [0.2, 0.25) is 5.91 Å². The predicted molar refractivity (Wildman–Crippen MR) is 104 cm³/mol. The highest BCUT2D eigenvalue weighted by Gasteiger charge is 2.50. The molecule has 0 aromatic heterocycles. The van der Waals surface area contributed by atoms with E-state index in [0.29, 0.717) is 38.4 Å². The molecule has 2 aliphatic rings. The third-order valence-electron chi connectivity index (χ3n) is 6.19. The number of hydrogen-bond acceptors (Lipinski definition) is 5. The number of amides is 2. The van der Waals surface area contributed by atoms with Gasteiger partial charge in [-0.2, -0.15) is 0 Å². The van der Waals surface area contributed by atoms with Gasteiger partial charge in [-0.15, -0.1) is 0 Å². The number of benzene rings is 1. The summed E-state index contributed by atoms with van der Waals surface area (Å²) in [6.45, 7) is 3.73. The van der Waals surface area contributed by atoms with Crippen LogP contribution in [0.1, 0.15) is 33.1 Å². The summed E-state index contributed by atoms with van der Waals surface area (Å²) in [6, 6.07) is 2.54. The van der Waals surface area contributed by atoms with E-state index >= 15 is 0 Å². The lowest BCUT2D eigenvalue weighted by Crippen LogP contribution is -2.64. The normalized spacial score (nSPS) is 25.8. The van der Waals surface area contributed by atoms with Crippen LogP contribution in [-0.2, 0) is 14.3 Å². The van der Waals surface area contributed by atoms with Crippen molar-refractivity contribution in [2.24, 2.45) is 0 Å². The first-order chi connectivity index (χ1) is 14.0. The Balaban J connectivity index is 1.57. The van der Waals surface area contributed by atoms with Gasteiger partial charge in [0, 0.05) is 33.1 Å². The molecule has 9 heteroatoms. The molecule has 30 heavy (non-hydrogen) atoms. The summed E-state index contributed by atoms with van der Waals surface area (Å²) in [7, 11) is 1.67. The van der Waals surface area contributed by atoms with Gasteiger partial charge >= 0.3 is 0 Å². The number of likely N-dealkylation sites (N-methyl/N-ethyl adjacent to an activating group) is 1. The van der Waals surface area contributed by atoms with Gasteiger partial charge in [0.25, 0.3) is 5.91 Å². The summed E-state index contributed by atoms with van der Waals surface area (Å²) < 4.78 is 37.8. The first-order valence-electron chi connectivity index (χ1n) is 9.98. The quantitative estimate of drug-likeness (QED) is 0.793. The molecule has 0 unspecified atom stereocenters. The van der Waals surface area contributed by atoms with E-state index in [4.69, 9.17) is 9.47 Å². The monoisotopic (exact) mass is 426 g/mol. The van der Waals surface area contributed by atoms with E-state index in [1.165, 1.54) is 6.92 Å². The summed E-state index contributed by atoms with van der Waals surface area (Å²) in [5, 5.41) is 10.7. The molecule has 2 amide bonds. The number of halogens is 2.